The van der Waals surface area contributed by atoms with Gasteiger partial charge < -0.3 is 20.1 Å². The van der Waals surface area contributed by atoms with Crippen LogP contribution in [0.25, 0.3) is 0 Å². The molecule has 0 spiro atoms. The second-order valence-corrected chi connectivity index (χ2v) is 5.77. The van der Waals surface area contributed by atoms with E-state index in [9.17, 15) is 9.59 Å². The molecule has 0 saturated carbocycles. The average molecular weight is 308 g/mol. The zero-order valence-corrected chi connectivity index (χ0v) is 13.3. The van der Waals surface area contributed by atoms with E-state index in [4.69, 9.17) is 9.47 Å². The Morgan fingerprint density at radius 1 is 1.00 bits per heavy atom. The molecule has 122 valence electrons. The summed E-state index contributed by atoms with van der Waals surface area (Å²) < 4.78 is 10.2. The zero-order valence-electron chi connectivity index (χ0n) is 13.3. The molecule has 0 aliphatic rings. The first-order valence-electron chi connectivity index (χ1n) is 7.28. The van der Waals surface area contributed by atoms with Crippen molar-refractivity contribution in [2.75, 3.05) is 13.1 Å². The first kappa shape index (κ1) is 17.8. The highest BCUT2D eigenvalue weighted by Crippen LogP contribution is 2.06. The minimum Gasteiger partial charge on any atom is -0.445 e. The Labute approximate surface area is 131 Å². The molecule has 1 rings (SSSR count). The maximum atomic E-state index is 11.5. The lowest BCUT2D eigenvalue weighted by Crippen LogP contribution is -2.34. The van der Waals surface area contributed by atoms with Gasteiger partial charge in [-0.1, -0.05) is 30.3 Å². The van der Waals surface area contributed by atoms with Gasteiger partial charge in [-0.25, -0.2) is 9.59 Å². The van der Waals surface area contributed by atoms with E-state index in [2.05, 4.69) is 10.6 Å². The lowest BCUT2D eigenvalue weighted by molar-refractivity contribution is 0.0527. The molecule has 22 heavy (non-hydrogen) atoms. The number of rotatable bonds is 6. The van der Waals surface area contributed by atoms with E-state index in [1.54, 1.807) is 20.8 Å². The molecular weight excluding hydrogens is 284 g/mol. The van der Waals surface area contributed by atoms with Crippen LogP contribution in [0.2, 0.25) is 0 Å². The molecule has 6 heteroatoms. The number of benzene rings is 1. The molecular formula is C16H24N2O4. The third-order valence-corrected chi connectivity index (χ3v) is 2.50. The number of ether oxygens (including phenoxy) is 2. The van der Waals surface area contributed by atoms with Gasteiger partial charge in [-0.05, 0) is 32.8 Å². The highest BCUT2D eigenvalue weighted by atomic mass is 16.6. The van der Waals surface area contributed by atoms with Crippen molar-refractivity contribution in [3.63, 3.8) is 0 Å². The van der Waals surface area contributed by atoms with E-state index < -0.39 is 17.8 Å². The average Bonchev–Trinajstić information content (AvgIpc) is 2.44. The standard InChI is InChI=1S/C16H24N2O4/c1-16(2,3)22-15(20)18-11-7-10-17-14(19)21-12-13-8-5-4-6-9-13/h4-6,8-9H,7,10-12H2,1-3H3,(H,17,19)(H,18,20). The van der Waals surface area contributed by atoms with Crippen molar-refractivity contribution >= 4 is 12.2 Å². The molecule has 0 aliphatic carbocycles. The predicted octanol–water partition coefficient (Wildman–Crippen LogP) is 2.83. The van der Waals surface area contributed by atoms with Crippen molar-refractivity contribution in [1.82, 2.24) is 10.6 Å². The smallest absolute Gasteiger partial charge is 0.407 e. The number of hydrogen-bond acceptors (Lipinski definition) is 4. The van der Waals surface area contributed by atoms with Crippen LogP contribution >= 0.6 is 0 Å². The van der Waals surface area contributed by atoms with Crippen LogP contribution in [0.4, 0.5) is 9.59 Å². The van der Waals surface area contributed by atoms with E-state index >= 15 is 0 Å². The first-order chi connectivity index (χ1) is 10.4. The lowest BCUT2D eigenvalue weighted by atomic mass is 10.2. The molecule has 0 fully saturated rings. The summed E-state index contributed by atoms with van der Waals surface area (Å²) in [5, 5.41) is 5.24. The largest absolute Gasteiger partial charge is 0.445 e. The molecule has 0 atom stereocenters. The maximum absolute atomic E-state index is 11.5. The van der Waals surface area contributed by atoms with E-state index in [1.807, 2.05) is 30.3 Å². The number of hydrogen-bond donors (Lipinski definition) is 2. The molecule has 0 radical (unpaired) electrons. The summed E-state index contributed by atoms with van der Waals surface area (Å²) in [5.74, 6) is 0. The molecule has 0 saturated heterocycles. The molecule has 0 heterocycles. The molecule has 0 unspecified atom stereocenters. The quantitative estimate of drug-likeness (QED) is 0.792. The normalized spacial score (nSPS) is 10.7. The van der Waals surface area contributed by atoms with Gasteiger partial charge in [0.05, 0.1) is 0 Å². The molecule has 0 aliphatic heterocycles. The highest BCUT2D eigenvalue weighted by Gasteiger charge is 2.15. The molecule has 6 nitrogen and oxygen atoms in total. The van der Waals surface area contributed by atoms with Crippen molar-refractivity contribution in [3.05, 3.63) is 35.9 Å². The molecule has 1 aromatic rings. The van der Waals surface area contributed by atoms with Crippen LogP contribution in [-0.4, -0.2) is 30.9 Å². The summed E-state index contributed by atoms with van der Waals surface area (Å²) >= 11 is 0. The number of carbonyl (C=O) groups is 2. The first-order valence-corrected chi connectivity index (χ1v) is 7.28. The monoisotopic (exact) mass is 308 g/mol. The second-order valence-electron chi connectivity index (χ2n) is 5.77. The Kier molecular flexibility index (Phi) is 7.22. The van der Waals surface area contributed by atoms with E-state index in [0.717, 1.165) is 5.56 Å². The van der Waals surface area contributed by atoms with Crippen LogP contribution in [0, 0.1) is 0 Å². The van der Waals surface area contributed by atoms with Gasteiger partial charge in [0.25, 0.3) is 0 Å². The van der Waals surface area contributed by atoms with E-state index in [1.165, 1.54) is 0 Å². The van der Waals surface area contributed by atoms with Gasteiger partial charge in [0.1, 0.15) is 12.2 Å². The van der Waals surface area contributed by atoms with Crippen LogP contribution in [0.1, 0.15) is 32.8 Å². The van der Waals surface area contributed by atoms with E-state index in [0.29, 0.717) is 19.5 Å². The fourth-order valence-electron chi connectivity index (χ4n) is 1.56. The Morgan fingerprint density at radius 2 is 1.59 bits per heavy atom. The van der Waals surface area contributed by atoms with Crippen LogP contribution in [0.3, 0.4) is 0 Å². The Hall–Kier alpha value is -2.24. The summed E-state index contributed by atoms with van der Waals surface area (Å²) in [7, 11) is 0. The van der Waals surface area contributed by atoms with Gasteiger partial charge in [-0.15, -0.1) is 0 Å². The van der Waals surface area contributed by atoms with Crippen LogP contribution < -0.4 is 10.6 Å². The van der Waals surface area contributed by atoms with Crippen molar-refractivity contribution in [2.24, 2.45) is 0 Å². The van der Waals surface area contributed by atoms with Gasteiger partial charge in [0.2, 0.25) is 0 Å². The van der Waals surface area contributed by atoms with Crippen LogP contribution in [0.15, 0.2) is 30.3 Å². The van der Waals surface area contributed by atoms with Crippen molar-refractivity contribution in [1.29, 1.82) is 0 Å². The second kappa shape index (κ2) is 8.92. The SMILES string of the molecule is CC(C)(C)OC(=O)NCCCNC(=O)OCc1ccccc1. The minimum atomic E-state index is -0.510. The maximum Gasteiger partial charge on any atom is 0.407 e. The molecule has 1 aromatic carbocycles. The number of alkyl carbamates (subject to hydrolysis) is 2. The lowest BCUT2D eigenvalue weighted by Gasteiger charge is -2.19. The van der Waals surface area contributed by atoms with Gasteiger partial charge in [-0.2, -0.15) is 0 Å². The predicted molar refractivity (Wildman–Crippen MR) is 83.5 cm³/mol. The molecule has 0 bridgehead atoms. The highest BCUT2D eigenvalue weighted by molar-refractivity contribution is 5.68. The van der Waals surface area contributed by atoms with Crippen molar-refractivity contribution < 1.29 is 19.1 Å². The number of nitrogens with one attached hydrogen (secondary N) is 2. The van der Waals surface area contributed by atoms with Crippen LogP contribution in [-0.2, 0) is 16.1 Å². The summed E-state index contributed by atoms with van der Waals surface area (Å²) in [6, 6.07) is 9.45. The summed E-state index contributed by atoms with van der Waals surface area (Å²) in [4.78, 5) is 22.8. The Morgan fingerprint density at radius 3 is 2.18 bits per heavy atom. The van der Waals surface area contributed by atoms with Crippen molar-refractivity contribution in [3.8, 4) is 0 Å². The van der Waals surface area contributed by atoms with Gasteiger partial charge in [0, 0.05) is 13.1 Å². The minimum absolute atomic E-state index is 0.239. The van der Waals surface area contributed by atoms with Crippen molar-refractivity contribution in [2.45, 2.75) is 39.4 Å². The van der Waals surface area contributed by atoms with Gasteiger partial charge in [-0.3, -0.25) is 0 Å². The fourth-order valence-corrected chi connectivity index (χ4v) is 1.56. The van der Waals surface area contributed by atoms with Gasteiger partial charge >= 0.3 is 12.2 Å². The van der Waals surface area contributed by atoms with E-state index in [-0.39, 0.29) is 6.61 Å². The number of amides is 2. The summed E-state index contributed by atoms with van der Waals surface area (Å²) in [6.07, 6.45) is -0.333. The van der Waals surface area contributed by atoms with Gasteiger partial charge in [0.15, 0.2) is 0 Å². The third kappa shape index (κ3) is 8.84. The Balaban J connectivity index is 2.04. The summed E-state index contributed by atoms with van der Waals surface area (Å²) in [6.45, 7) is 6.49. The third-order valence-electron chi connectivity index (χ3n) is 2.50. The topological polar surface area (TPSA) is 76.7 Å². The molecule has 2 N–H and O–H groups in total. The Bertz CT molecular complexity index is 469. The fraction of sp³-hybridized carbons (Fsp3) is 0.500. The molecule has 2 amide bonds. The molecule has 0 aromatic heterocycles. The summed E-state index contributed by atoms with van der Waals surface area (Å²) in [5.41, 5.74) is 0.424. The van der Waals surface area contributed by atoms with Crippen LogP contribution in [0.5, 0.6) is 0 Å². The number of carbonyl (C=O) groups excluding carboxylic acids is 2. The zero-order chi connectivity index (χ0) is 16.4.